The van der Waals surface area contributed by atoms with Gasteiger partial charge in [0.2, 0.25) is 0 Å². The molecule has 3 rings (SSSR count). The molecule has 1 saturated heterocycles. The Morgan fingerprint density at radius 2 is 2.17 bits per heavy atom. The van der Waals surface area contributed by atoms with Crippen LogP contribution in [0, 0.1) is 0 Å². The first-order valence-electron chi connectivity index (χ1n) is 8.33. The summed E-state index contributed by atoms with van der Waals surface area (Å²) in [6, 6.07) is 2.49. The van der Waals surface area contributed by atoms with E-state index in [2.05, 4.69) is 58.9 Å². The number of rotatable bonds is 5. The topological polar surface area (TPSA) is 71.9 Å². The summed E-state index contributed by atoms with van der Waals surface area (Å²) < 4.78 is 7.87. The zero-order valence-electron chi connectivity index (χ0n) is 14.4. The van der Waals surface area contributed by atoms with Crippen LogP contribution in [0.15, 0.2) is 12.3 Å². The molecule has 0 bridgehead atoms. The van der Waals surface area contributed by atoms with Crippen molar-refractivity contribution in [3.05, 3.63) is 29.6 Å². The number of morpholine rings is 1. The van der Waals surface area contributed by atoms with Crippen LogP contribution in [0.3, 0.4) is 0 Å². The molecule has 0 spiro atoms. The van der Waals surface area contributed by atoms with E-state index in [1.807, 2.05) is 10.9 Å². The number of aromatic nitrogens is 5. The minimum Gasteiger partial charge on any atom is -0.368 e. The molecule has 0 saturated carbocycles. The van der Waals surface area contributed by atoms with Gasteiger partial charge in [0, 0.05) is 37.8 Å². The second kappa shape index (κ2) is 6.80. The van der Waals surface area contributed by atoms with Gasteiger partial charge in [-0.25, -0.2) is 4.98 Å². The van der Waals surface area contributed by atoms with Gasteiger partial charge in [-0.05, 0) is 19.9 Å². The van der Waals surface area contributed by atoms with Gasteiger partial charge in [-0.1, -0.05) is 13.8 Å². The minimum absolute atomic E-state index is 0.0454. The molecule has 1 aliphatic heterocycles. The van der Waals surface area contributed by atoms with Crippen LogP contribution < -0.4 is 0 Å². The number of nitrogens with zero attached hydrogens (tertiary/aromatic N) is 5. The van der Waals surface area contributed by atoms with Gasteiger partial charge in [0.1, 0.15) is 6.10 Å². The fourth-order valence-electron chi connectivity index (χ4n) is 2.68. The fraction of sp³-hybridized carbons (Fsp3) is 0.688. The Kier molecular flexibility index (Phi) is 4.77. The van der Waals surface area contributed by atoms with Crippen LogP contribution in [0.2, 0.25) is 0 Å². The molecule has 0 amide bonds. The average molecular weight is 318 g/mol. The van der Waals surface area contributed by atoms with Crippen LogP contribution in [-0.4, -0.2) is 49.6 Å². The highest BCUT2D eigenvalue weighted by molar-refractivity contribution is 5.02. The standard InChI is InChI=1S/C16H26N6O/c1-11(2)15-17-16(19-18-15)14-10-21(7-8-23-14)9-13-5-6-22(20-13)12(3)4/h5-6,11-12,14H,7-10H2,1-4H3,(H,17,18,19). The van der Waals surface area contributed by atoms with Crippen molar-refractivity contribution in [2.75, 3.05) is 19.7 Å². The lowest BCUT2D eigenvalue weighted by Gasteiger charge is -2.31. The molecule has 7 nitrogen and oxygen atoms in total. The molecule has 1 unspecified atom stereocenters. The Balaban J connectivity index is 1.63. The summed E-state index contributed by atoms with van der Waals surface area (Å²) in [6.07, 6.45) is 2.00. The molecule has 2 aromatic heterocycles. The van der Waals surface area contributed by atoms with E-state index >= 15 is 0 Å². The normalized spacial score (nSPS) is 19.8. The van der Waals surface area contributed by atoms with Crippen LogP contribution in [0.4, 0.5) is 0 Å². The first-order chi connectivity index (χ1) is 11.0. The molecule has 7 heteroatoms. The summed E-state index contributed by atoms with van der Waals surface area (Å²) >= 11 is 0. The molecule has 1 atom stereocenters. The molecule has 1 N–H and O–H groups in total. The smallest absolute Gasteiger partial charge is 0.155 e. The van der Waals surface area contributed by atoms with Crippen LogP contribution >= 0.6 is 0 Å². The van der Waals surface area contributed by atoms with E-state index in [0.717, 1.165) is 37.0 Å². The van der Waals surface area contributed by atoms with Crippen molar-refractivity contribution in [3.63, 3.8) is 0 Å². The van der Waals surface area contributed by atoms with Crippen molar-refractivity contribution in [1.82, 2.24) is 29.9 Å². The molecule has 1 fully saturated rings. The van der Waals surface area contributed by atoms with E-state index in [0.29, 0.717) is 18.6 Å². The number of hydrogen-bond donors (Lipinski definition) is 1. The lowest BCUT2D eigenvalue weighted by molar-refractivity contribution is -0.0374. The molecule has 0 aliphatic carbocycles. The highest BCUT2D eigenvalue weighted by Gasteiger charge is 2.25. The van der Waals surface area contributed by atoms with Crippen LogP contribution in [-0.2, 0) is 11.3 Å². The van der Waals surface area contributed by atoms with Crippen molar-refractivity contribution < 1.29 is 4.74 Å². The highest BCUT2D eigenvalue weighted by atomic mass is 16.5. The SMILES string of the molecule is CC(C)c1n[nH]c(C2CN(Cc3ccn(C(C)C)n3)CCO2)n1. The second-order valence-corrected chi connectivity index (χ2v) is 6.71. The van der Waals surface area contributed by atoms with Crippen LogP contribution in [0.5, 0.6) is 0 Å². The summed E-state index contributed by atoms with van der Waals surface area (Å²) in [5.41, 5.74) is 1.10. The number of hydrogen-bond acceptors (Lipinski definition) is 5. The molecule has 0 aromatic carbocycles. The first-order valence-corrected chi connectivity index (χ1v) is 8.33. The van der Waals surface area contributed by atoms with E-state index in [4.69, 9.17) is 4.74 Å². The van der Waals surface area contributed by atoms with Crippen molar-refractivity contribution in [3.8, 4) is 0 Å². The van der Waals surface area contributed by atoms with Gasteiger partial charge in [-0.2, -0.15) is 10.2 Å². The third kappa shape index (κ3) is 3.79. The summed E-state index contributed by atoms with van der Waals surface area (Å²) in [4.78, 5) is 6.92. The van der Waals surface area contributed by atoms with E-state index in [1.54, 1.807) is 0 Å². The van der Waals surface area contributed by atoms with Gasteiger partial charge in [0.05, 0.1) is 12.3 Å². The van der Waals surface area contributed by atoms with E-state index in [9.17, 15) is 0 Å². The molecule has 0 radical (unpaired) electrons. The average Bonchev–Trinajstić information content (AvgIpc) is 3.16. The zero-order valence-corrected chi connectivity index (χ0v) is 14.4. The Morgan fingerprint density at radius 1 is 1.35 bits per heavy atom. The summed E-state index contributed by atoms with van der Waals surface area (Å²) in [5.74, 6) is 1.99. The summed E-state index contributed by atoms with van der Waals surface area (Å²) in [5, 5.41) is 11.9. The van der Waals surface area contributed by atoms with Gasteiger partial charge in [0.15, 0.2) is 11.6 Å². The molecule has 126 valence electrons. The molecular weight excluding hydrogens is 292 g/mol. The Labute approximate surface area is 137 Å². The lowest BCUT2D eigenvalue weighted by atomic mass is 10.2. The predicted molar refractivity (Wildman–Crippen MR) is 87.1 cm³/mol. The van der Waals surface area contributed by atoms with Gasteiger partial charge < -0.3 is 4.74 Å². The third-order valence-corrected chi connectivity index (χ3v) is 4.07. The monoisotopic (exact) mass is 318 g/mol. The van der Waals surface area contributed by atoms with Crippen molar-refractivity contribution in [2.45, 2.75) is 52.3 Å². The summed E-state index contributed by atoms with van der Waals surface area (Å²) in [7, 11) is 0. The van der Waals surface area contributed by atoms with Crippen molar-refractivity contribution >= 4 is 0 Å². The predicted octanol–water partition coefficient (Wildman–Crippen LogP) is 2.28. The van der Waals surface area contributed by atoms with Crippen LogP contribution in [0.25, 0.3) is 0 Å². The van der Waals surface area contributed by atoms with E-state index in [1.165, 1.54) is 0 Å². The maximum Gasteiger partial charge on any atom is 0.155 e. The van der Waals surface area contributed by atoms with E-state index in [-0.39, 0.29) is 6.10 Å². The lowest BCUT2D eigenvalue weighted by Crippen LogP contribution is -2.38. The van der Waals surface area contributed by atoms with Gasteiger partial charge in [0.25, 0.3) is 0 Å². The Hall–Kier alpha value is -1.73. The van der Waals surface area contributed by atoms with E-state index < -0.39 is 0 Å². The zero-order chi connectivity index (χ0) is 16.4. The van der Waals surface area contributed by atoms with Crippen LogP contribution in [0.1, 0.15) is 63.1 Å². The molecule has 1 aliphatic rings. The van der Waals surface area contributed by atoms with Gasteiger partial charge in [-0.3, -0.25) is 14.7 Å². The van der Waals surface area contributed by atoms with Gasteiger partial charge >= 0.3 is 0 Å². The summed E-state index contributed by atoms with van der Waals surface area (Å²) in [6.45, 7) is 11.7. The Bertz CT molecular complexity index is 632. The number of H-pyrrole nitrogens is 1. The maximum atomic E-state index is 5.87. The quantitative estimate of drug-likeness (QED) is 0.915. The highest BCUT2D eigenvalue weighted by Crippen LogP contribution is 2.21. The number of aromatic amines is 1. The molecular formula is C16H26N6O. The largest absolute Gasteiger partial charge is 0.368 e. The third-order valence-electron chi connectivity index (χ3n) is 4.07. The van der Waals surface area contributed by atoms with Crippen molar-refractivity contribution in [2.24, 2.45) is 0 Å². The maximum absolute atomic E-state index is 5.87. The number of ether oxygens (including phenoxy) is 1. The molecule has 3 heterocycles. The second-order valence-electron chi connectivity index (χ2n) is 6.71. The fourth-order valence-corrected chi connectivity index (χ4v) is 2.68. The molecule has 23 heavy (non-hydrogen) atoms. The van der Waals surface area contributed by atoms with Crippen molar-refractivity contribution in [1.29, 1.82) is 0 Å². The number of nitrogens with one attached hydrogen (secondary N) is 1. The minimum atomic E-state index is -0.0454. The molecule has 2 aromatic rings. The first kappa shape index (κ1) is 16.1. The Morgan fingerprint density at radius 3 is 2.83 bits per heavy atom. The van der Waals surface area contributed by atoms with Gasteiger partial charge in [-0.15, -0.1) is 0 Å².